The van der Waals surface area contributed by atoms with E-state index in [9.17, 15) is 9.59 Å². The Balaban J connectivity index is 1.39. The highest BCUT2D eigenvalue weighted by Gasteiger charge is 2.61. The van der Waals surface area contributed by atoms with Crippen molar-refractivity contribution in [1.29, 1.82) is 0 Å². The van der Waals surface area contributed by atoms with Gasteiger partial charge in [0.15, 0.2) is 0 Å². The molecule has 3 fully saturated rings. The molecule has 4 nitrogen and oxygen atoms in total. The second-order valence-electron chi connectivity index (χ2n) is 7.42. The normalized spacial score (nSPS) is 29.3. The summed E-state index contributed by atoms with van der Waals surface area (Å²) in [5.74, 6) is 1.74. The van der Waals surface area contributed by atoms with Crippen molar-refractivity contribution in [3.8, 4) is 11.5 Å². The van der Waals surface area contributed by atoms with Crippen LogP contribution in [0.1, 0.15) is 19.3 Å². The molecule has 1 saturated heterocycles. The SMILES string of the molecule is O=C1[C@@H]2[C@H]3CC[C@H](C3)[C@@H]2C(=O)N1c1ccc(Oc2ccccc2Cl)cc1. The molecule has 5 rings (SSSR count). The standard InChI is InChI=1S/C21H18ClNO3/c22-16-3-1-2-4-17(16)26-15-9-7-14(8-10-15)23-20(24)18-12-5-6-13(11-12)19(18)21(23)25/h1-4,7-10,12-13,18-19H,5-6,11H2/t12-,13+,18+,19-. The van der Waals surface area contributed by atoms with Crippen molar-refractivity contribution in [3.05, 3.63) is 53.6 Å². The molecule has 132 valence electrons. The van der Waals surface area contributed by atoms with Gasteiger partial charge in [-0.2, -0.15) is 0 Å². The zero-order valence-electron chi connectivity index (χ0n) is 14.1. The Hall–Kier alpha value is -2.33. The monoisotopic (exact) mass is 367 g/mol. The van der Waals surface area contributed by atoms with Crippen molar-refractivity contribution >= 4 is 29.1 Å². The number of nitrogens with zero attached hydrogens (tertiary/aromatic N) is 1. The molecule has 3 aliphatic rings. The lowest BCUT2D eigenvalue weighted by molar-refractivity contribution is -0.123. The molecular formula is C21H18ClNO3. The third kappa shape index (κ3) is 2.28. The van der Waals surface area contributed by atoms with Crippen molar-refractivity contribution < 1.29 is 14.3 Å². The second-order valence-corrected chi connectivity index (χ2v) is 7.83. The van der Waals surface area contributed by atoms with Gasteiger partial charge in [0, 0.05) is 0 Å². The Kier molecular flexibility index (Phi) is 3.57. The number of imide groups is 1. The molecule has 2 aromatic rings. The Labute approximate surface area is 156 Å². The topological polar surface area (TPSA) is 46.6 Å². The van der Waals surface area contributed by atoms with E-state index in [0.717, 1.165) is 19.3 Å². The smallest absolute Gasteiger partial charge is 0.237 e. The molecule has 5 heteroatoms. The van der Waals surface area contributed by atoms with Crippen LogP contribution < -0.4 is 9.64 Å². The third-order valence-corrected chi connectivity index (χ3v) is 6.40. The largest absolute Gasteiger partial charge is 0.456 e. The van der Waals surface area contributed by atoms with Gasteiger partial charge in [-0.05, 0) is 67.5 Å². The lowest BCUT2D eigenvalue weighted by Crippen LogP contribution is -2.32. The van der Waals surface area contributed by atoms with Gasteiger partial charge in [-0.25, -0.2) is 0 Å². The van der Waals surface area contributed by atoms with E-state index in [1.54, 1.807) is 36.4 Å². The molecule has 4 atom stereocenters. The molecule has 1 aliphatic heterocycles. The summed E-state index contributed by atoms with van der Waals surface area (Å²) in [6.07, 6.45) is 3.22. The van der Waals surface area contributed by atoms with Gasteiger partial charge in [0.25, 0.3) is 0 Å². The minimum atomic E-state index is -0.0969. The maximum absolute atomic E-state index is 12.9. The first-order valence-corrected chi connectivity index (χ1v) is 9.41. The predicted molar refractivity (Wildman–Crippen MR) is 98.3 cm³/mol. The number of para-hydroxylation sites is 1. The van der Waals surface area contributed by atoms with Gasteiger partial charge in [-0.15, -0.1) is 0 Å². The van der Waals surface area contributed by atoms with E-state index in [2.05, 4.69) is 0 Å². The summed E-state index contributed by atoms with van der Waals surface area (Å²) in [6, 6.07) is 14.3. The minimum Gasteiger partial charge on any atom is -0.456 e. The summed E-state index contributed by atoms with van der Waals surface area (Å²) >= 11 is 6.11. The van der Waals surface area contributed by atoms with Crippen molar-refractivity contribution in [2.75, 3.05) is 4.90 Å². The molecule has 2 aliphatic carbocycles. The fourth-order valence-electron chi connectivity index (χ4n) is 4.98. The fourth-order valence-corrected chi connectivity index (χ4v) is 5.16. The summed E-state index contributed by atoms with van der Waals surface area (Å²) < 4.78 is 5.78. The van der Waals surface area contributed by atoms with Crippen molar-refractivity contribution in [2.45, 2.75) is 19.3 Å². The molecule has 2 saturated carbocycles. The molecular weight excluding hydrogens is 350 g/mol. The molecule has 1 heterocycles. The Morgan fingerprint density at radius 1 is 0.885 bits per heavy atom. The zero-order chi connectivity index (χ0) is 17.8. The van der Waals surface area contributed by atoms with Crippen LogP contribution in [0, 0.1) is 23.7 Å². The van der Waals surface area contributed by atoms with Gasteiger partial charge in [0.1, 0.15) is 11.5 Å². The Morgan fingerprint density at radius 3 is 2.12 bits per heavy atom. The molecule has 0 spiro atoms. The van der Waals surface area contributed by atoms with Crippen LogP contribution in [0.15, 0.2) is 48.5 Å². The van der Waals surface area contributed by atoms with Gasteiger partial charge < -0.3 is 4.74 Å². The van der Waals surface area contributed by atoms with Crippen LogP contribution in [0.25, 0.3) is 0 Å². The maximum Gasteiger partial charge on any atom is 0.237 e. The van der Waals surface area contributed by atoms with E-state index in [-0.39, 0.29) is 23.7 Å². The van der Waals surface area contributed by atoms with Crippen LogP contribution in [-0.2, 0) is 9.59 Å². The number of rotatable bonds is 3. The first-order valence-electron chi connectivity index (χ1n) is 9.04. The number of fused-ring (bicyclic) bond motifs is 5. The van der Waals surface area contributed by atoms with E-state index in [4.69, 9.17) is 16.3 Å². The highest BCUT2D eigenvalue weighted by atomic mass is 35.5. The fraction of sp³-hybridized carbons (Fsp3) is 0.333. The number of hydrogen-bond acceptors (Lipinski definition) is 3. The number of amides is 2. The average molecular weight is 368 g/mol. The molecule has 26 heavy (non-hydrogen) atoms. The van der Waals surface area contributed by atoms with E-state index in [0.29, 0.717) is 34.0 Å². The number of benzene rings is 2. The minimum absolute atomic E-state index is 0.0213. The second kappa shape index (κ2) is 5.85. The number of ether oxygens (including phenoxy) is 1. The van der Waals surface area contributed by atoms with Crippen molar-refractivity contribution in [1.82, 2.24) is 0 Å². The van der Waals surface area contributed by atoms with Crippen LogP contribution in [-0.4, -0.2) is 11.8 Å². The average Bonchev–Trinajstić information content (AvgIpc) is 3.32. The van der Waals surface area contributed by atoms with Crippen molar-refractivity contribution in [2.24, 2.45) is 23.7 Å². The molecule has 2 bridgehead atoms. The summed E-state index contributed by atoms with van der Waals surface area (Å²) in [4.78, 5) is 27.1. The Morgan fingerprint density at radius 2 is 1.50 bits per heavy atom. The lowest BCUT2D eigenvalue weighted by atomic mass is 9.81. The van der Waals surface area contributed by atoms with E-state index >= 15 is 0 Å². The number of hydrogen-bond donors (Lipinski definition) is 0. The van der Waals surface area contributed by atoms with Crippen molar-refractivity contribution in [3.63, 3.8) is 0 Å². The summed E-state index contributed by atoms with van der Waals surface area (Å²) in [5.41, 5.74) is 0.625. The highest BCUT2D eigenvalue weighted by Crippen LogP contribution is 2.56. The molecule has 2 amide bonds. The molecule has 0 N–H and O–H groups in total. The van der Waals surface area contributed by atoms with Gasteiger partial charge in [0.2, 0.25) is 11.8 Å². The summed E-state index contributed by atoms with van der Waals surface area (Å²) in [6.45, 7) is 0. The predicted octanol–water partition coefficient (Wildman–Crippen LogP) is 4.67. The van der Waals surface area contributed by atoms with Gasteiger partial charge in [-0.3, -0.25) is 14.5 Å². The number of carbonyl (C=O) groups excluding carboxylic acids is 2. The zero-order valence-corrected chi connectivity index (χ0v) is 14.9. The maximum atomic E-state index is 12.9. The van der Waals surface area contributed by atoms with Crippen LogP contribution in [0.5, 0.6) is 11.5 Å². The van der Waals surface area contributed by atoms with Gasteiger partial charge in [0.05, 0.1) is 22.5 Å². The van der Waals surface area contributed by atoms with E-state index in [1.165, 1.54) is 4.90 Å². The molecule has 0 unspecified atom stereocenters. The van der Waals surface area contributed by atoms with Gasteiger partial charge in [-0.1, -0.05) is 23.7 Å². The lowest BCUT2D eigenvalue weighted by Gasteiger charge is -2.19. The Bertz CT molecular complexity index is 866. The number of carbonyl (C=O) groups is 2. The van der Waals surface area contributed by atoms with Crippen LogP contribution in [0.4, 0.5) is 5.69 Å². The van der Waals surface area contributed by atoms with E-state index in [1.807, 2.05) is 12.1 Å². The highest BCUT2D eigenvalue weighted by molar-refractivity contribution is 6.32. The molecule has 2 aromatic carbocycles. The van der Waals surface area contributed by atoms with Crippen LogP contribution in [0.3, 0.4) is 0 Å². The summed E-state index contributed by atoms with van der Waals surface area (Å²) in [7, 11) is 0. The third-order valence-electron chi connectivity index (χ3n) is 6.09. The first kappa shape index (κ1) is 15.9. The summed E-state index contributed by atoms with van der Waals surface area (Å²) in [5, 5.41) is 0.532. The number of halogens is 1. The van der Waals surface area contributed by atoms with E-state index < -0.39 is 0 Å². The van der Waals surface area contributed by atoms with Crippen LogP contribution in [0.2, 0.25) is 5.02 Å². The number of anilines is 1. The first-order chi connectivity index (χ1) is 12.6. The van der Waals surface area contributed by atoms with Crippen LogP contribution >= 0.6 is 11.6 Å². The quantitative estimate of drug-likeness (QED) is 0.741. The molecule has 0 aromatic heterocycles. The van der Waals surface area contributed by atoms with Gasteiger partial charge >= 0.3 is 0 Å². The molecule has 0 radical (unpaired) electrons.